The second kappa shape index (κ2) is 10.8. The highest BCUT2D eigenvalue weighted by atomic mass is 35.5. The maximum absolute atomic E-state index is 13.0. The number of anilines is 1. The molecular weight excluding hydrogens is 535 g/mol. The lowest BCUT2D eigenvalue weighted by Gasteiger charge is -2.14. The molecule has 2 heterocycles. The maximum Gasteiger partial charge on any atom is 0.341 e. The Kier molecular flexibility index (Phi) is 7.99. The minimum absolute atomic E-state index is 0.245. The van der Waals surface area contributed by atoms with Crippen molar-refractivity contribution in [3.05, 3.63) is 54.7 Å². The van der Waals surface area contributed by atoms with Crippen LogP contribution in [-0.4, -0.2) is 40.2 Å². The van der Waals surface area contributed by atoms with Gasteiger partial charge in [-0.05, 0) is 56.4 Å². The van der Waals surface area contributed by atoms with Crippen LogP contribution in [0.4, 0.5) is 5.00 Å². The van der Waals surface area contributed by atoms with E-state index in [9.17, 15) is 14.4 Å². The zero-order valence-corrected chi connectivity index (χ0v) is 22.1. The molecule has 0 spiro atoms. The van der Waals surface area contributed by atoms with Crippen LogP contribution in [0.25, 0.3) is 6.08 Å². The first-order valence-electron chi connectivity index (χ1n) is 10.6. The molecule has 2 amide bonds. The molecule has 1 aromatic carbocycles. The molecule has 11 heteroatoms. The largest absolute Gasteiger partial charge is 0.462 e. The van der Waals surface area contributed by atoms with Gasteiger partial charge in [0.15, 0.2) is 0 Å². The highest BCUT2D eigenvalue weighted by molar-refractivity contribution is 8.26. The van der Waals surface area contributed by atoms with Gasteiger partial charge in [0, 0.05) is 20.5 Å². The van der Waals surface area contributed by atoms with Crippen LogP contribution in [0.15, 0.2) is 23.1 Å². The number of halogens is 2. The number of thiocarbonyl (C=S) groups is 1. The fraction of sp³-hybridized carbons (Fsp3) is 0.304. The topological polar surface area (TPSA) is 75.7 Å². The van der Waals surface area contributed by atoms with E-state index < -0.39 is 17.8 Å². The summed E-state index contributed by atoms with van der Waals surface area (Å²) in [4.78, 5) is 41.1. The van der Waals surface area contributed by atoms with E-state index in [0.29, 0.717) is 31.1 Å². The summed E-state index contributed by atoms with van der Waals surface area (Å²) in [7, 11) is 0. The van der Waals surface area contributed by atoms with Crippen molar-refractivity contribution in [2.24, 2.45) is 0 Å². The van der Waals surface area contributed by atoms with Gasteiger partial charge in [-0.15, -0.1) is 11.3 Å². The molecule has 0 bridgehead atoms. The van der Waals surface area contributed by atoms with Gasteiger partial charge in [-0.25, -0.2) is 4.79 Å². The molecule has 4 rings (SSSR count). The van der Waals surface area contributed by atoms with Crippen molar-refractivity contribution in [3.8, 4) is 0 Å². The van der Waals surface area contributed by atoms with E-state index in [-0.39, 0.29) is 17.5 Å². The summed E-state index contributed by atoms with van der Waals surface area (Å²) >= 11 is 20.2. The number of esters is 1. The molecule has 0 atom stereocenters. The van der Waals surface area contributed by atoms with Gasteiger partial charge in [0.1, 0.15) is 15.9 Å². The number of hydrogen-bond donors (Lipinski definition) is 1. The zero-order chi connectivity index (χ0) is 24.4. The Bertz CT molecular complexity index is 1200. The molecule has 0 saturated carbocycles. The number of nitrogens with zero attached hydrogens (tertiary/aromatic N) is 1. The van der Waals surface area contributed by atoms with Crippen LogP contribution in [0.1, 0.15) is 46.1 Å². The average Bonchev–Trinajstić information content (AvgIpc) is 3.28. The molecule has 1 aromatic heterocycles. The molecule has 6 nitrogen and oxygen atoms in total. The predicted octanol–water partition coefficient (Wildman–Crippen LogP) is 5.95. The van der Waals surface area contributed by atoms with Crippen molar-refractivity contribution in [2.45, 2.75) is 32.6 Å². The second-order valence-electron chi connectivity index (χ2n) is 7.59. The van der Waals surface area contributed by atoms with E-state index in [1.807, 2.05) is 0 Å². The Morgan fingerprint density at radius 2 is 1.94 bits per heavy atom. The highest BCUT2D eigenvalue weighted by Gasteiger charge is 2.34. The van der Waals surface area contributed by atoms with Gasteiger partial charge in [0.25, 0.3) is 5.91 Å². The fourth-order valence-corrected chi connectivity index (χ4v) is 6.84. The molecule has 2 aliphatic rings. The number of rotatable bonds is 6. The molecule has 178 valence electrons. The van der Waals surface area contributed by atoms with Crippen LogP contribution in [0.3, 0.4) is 0 Å². The lowest BCUT2D eigenvalue weighted by Crippen LogP contribution is -2.36. The van der Waals surface area contributed by atoms with E-state index in [0.717, 1.165) is 47.9 Å². The molecule has 1 N–H and O–H groups in total. The Balaban J connectivity index is 1.52. The quantitative estimate of drug-likeness (QED) is 0.270. The summed E-state index contributed by atoms with van der Waals surface area (Å²) in [5.74, 6) is -1.29. The number of ether oxygens (including phenoxy) is 1. The molecule has 1 saturated heterocycles. The fourth-order valence-electron chi connectivity index (χ4n) is 3.80. The number of hydrogen-bond acceptors (Lipinski definition) is 7. The Hall–Kier alpha value is -1.91. The second-order valence-corrected chi connectivity index (χ2v) is 11.2. The van der Waals surface area contributed by atoms with Crippen LogP contribution in [-0.2, 0) is 27.2 Å². The number of carbonyl (C=O) groups is 3. The molecule has 0 unspecified atom stereocenters. The van der Waals surface area contributed by atoms with E-state index >= 15 is 0 Å². The van der Waals surface area contributed by atoms with Gasteiger partial charge in [0.05, 0.1) is 17.1 Å². The third kappa shape index (κ3) is 5.18. The van der Waals surface area contributed by atoms with Gasteiger partial charge < -0.3 is 10.1 Å². The molecule has 1 fully saturated rings. The Morgan fingerprint density at radius 1 is 1.24 bits per heavy atom. The molecule has 1 aliphatic heterocycles. The molecule has 1 aliphatic carbocycles. The first kappa shape index (κ1) is 25.2. The summed E-state index contributed by atoms with van der Waals surface area (Å²) in [5, 5.41) is 4.08. The normalized spacial score (nSPS) is 16.7. The standard InChI is InChI=1S/C23H20Cl2N2O4S3/c1-2-31-22(30)19-12-6-3-4-9-16(12)33-20(19)26-18(28)11-27-21(29)17(34-23(27)32)10-13-14(24)7-5-8-15(13)25/h5,7-8,10H,2-4,6,9,11H2,1H3,(H,26,28)/b17-10-. The number of thioether (sulfide) groups is 1. The predicted molar refractivity (Wildman–Crippen MR) is 142 cm³/mol. The first-order valence-corrected chi connectivity index (χ1v) is 13.4. The van der Waals surface area contributed by atoms with Crippen molar-refractivity contribution >= 4 is 91.7 Å². The van der Waals surface area contributed by atoms with Crippen molar-refractivity contribution in [3.63, 3.8) is 0 Å². The molecular formula is C23H20Cl2N2O4S3. The van der Waals surface area contributed by atoms with Crippen LogP contribution >= 0.6 is 58.5 Å². The van der Waals surface area contributed by atoms with Gasteiger partial charge in [-0.2, -0.15) is 0 Å². The molecule has 2 aromatic rings. The van der Waals surface area contributed by atoms with Gasteiger partial charge in [-0.3, -0.25) is 14.5 Å². The summed E-state index contributed by atoms with van der Waals surface area (Å²) in [6.07, 6.45) is 5.25. The number of thiophene rings is 1. The van der Waals surface area contributed by atoms with Crippen LogP contribution < -0.4 is 5.32 Å². The van der Waals surface area contributed by atoms with Gasteiger partial charge in [-0.1, -0.05) is 53.2 Å². The van der Waals surface area contributed by atoms with Crippen LogP contribution in [0.5, 0.6) is 0 Å². The minimum Gasteiger partial charge on any atom is -0.462 e. The number of carbonyl (C=O) groups excluding carboxylic acids is 3. The first-order chi connectivity index (χ1) is 16.3. The molecule has 34 heavy (non-hydrogen) atoms. The van der Waals surface area contributed by atoms with Crippen LogP contribution in [0.2, 0.25) is 10.0 Å². The smallest absolute Gasteiger partial charge is 0.341 e. The Labute approximate surface area is 220 Å². The summed E-state index contributed by atoms with van der Waals surface area (Å²) in [5.41, 5.74) is 1.89. The molecule has 0 radical (unpaired) electrons. The summed E-state index contributed by atoms with van der Waals surface area (Å²) in [6.45, 7) is 1.71. The van der Waals surface area contributed by atoms with Crippen LogP contribution in [0, 0.1) is 0 Å². The zero-order valence-electron chi connectivity index (χ0n) is 18.1. The van der Waals surface area contributed by atoms with Gasteiger partial charge >= 0.3 is 5.97 Å². The van der Waals surface area contributed by atoms with Crippen molar-refractivity contribution in [1.82, 2.24) is 4.90 Å². The minimum atomic E-state index is -0.447. The van der Waals surface area contributed by atoms with Crippen molar-refractivity contribution in [1.29, 1.82) is 0 Å². The van der Waals surface area contributed by atoms with Gasteiger partial charge in [0.2, 0.25) is 5.91 Å². The highest BCUT2D eigenvalue weighted by Crippen LogP contribution is 2.39. The van der Waals surface area contributed by atoms with Crippen molar-refractivity contribution in [2.75, 3.05) is 18.5 Å². The number of aryl methyl sites for hydroxylation is 1. The SMILES string of the molecule is CCOC(=O)c1c(NC(=O)CN2C(=O)/C(=C/c3c(Cl)cccc3Cl)SC2=S)sc2c1CCCC2. The number of fused-ring (bicyclic) bond motifs is 1. The monoisotopic (exact) mass is 554 g/mol. The Morgan fingerprint density at radius 3 is 2.65 bits per heavy atom. The van der Waals surface area contributed by atoms with E-state index in [4.69, 9.17) is 40.2 Å². The summed E-state index contributed by atoms with van der Waals surface area (Å²) in [6, 6.07) is 5.06. The van der Waals surface area contributed by atoms with E-state index in [1.54, 1.807) is 31.2 Å². The van der Waals surface area contributed by atoms with E-state index in [1.165, 1.54) is 16.2 Å². The van der Waals surface area contributed by atoms with Crippen molar-refractivity contribution < 1.29 is 19.1 Å². The average molecular weight is 556 g/mol. The number of nitrogens with one attached hydrogen (secondary N) is 1. The summed E-state index contributed by atoms with van der Waals surface area (Å²) < 4.78 is 5.49. The maximum atomic E-state index is 13.0. The lowest BCUT2D eigenvalue weighted by molar-refractivity contribution is -0.126. The number of amides is 2. The van der Waals surface area contributed by atoms with E-state index in [2.05, 4.69) is 5.32 Å². The third-order valence-electron chi connectivity index (χ3n) is 5.35. The lowest BCUT2D eigenvalue weighted by atomic mass is 9.95. The third-order valence-corrected chi connectivity index (χ3v) is 8.60. The number of benzene rings is 1.